The molecule has 1 aliphatic rings. The van der Waals surface area contributed by atoms with E-state index in [1.54, 1.807) is 12.2 Å². The fourth-order valence-corrected chi connectivity index (χ4v) is 1.02. The molecule has 1 rings (SSSR count). The summed E-state index contributed by atoms with van der Waals surface area (Å²) in [5, 5.41) is 7.00. The molecule has 5 N–H and O–H groups in total. The first-order chi connectivity index (χ1) is 7.14. The third-order valence-electron chi connectivity index (χ3n) is 2.25. The second-order valence-electron chi connectivity index (χ2n) is 3.17. The topological polar surface area (TPSA) is 98.6 Å². The van der Waals surface area contributed by atoms with Gasteiger partial charge in [0.25, 0.3) is 0 Å². The van der Waals surface area contributed by atoms with E-state index >= 15 is 0 Å². The van der Waals surface area contributed by atoms with E-state index in [2.05, 4.69) is 0 Å². The molecule has 86 valence electrons. The summed E-state index contributed by atoms with van der Waals surface area (Å²) in [7, 11) is 2.47. The van der Waals surface area contributed by atoms with Crippen molar-refractivity contribution in [3.63, 3.8) is 0 Å². The van der Waals surface area contributed by atoms with Crippen LogP contribution >= 0.6 is 0 Å². The van der Waals surface area contributed by atoms with Crippen LogP contribution in [0.1, 0.15) is 12.8 Å². The van der Waals surface area contributed by atoms with Gasteiger partial charge in [0.2, 0.25) is 0 Å². The van der Waals surface area contributed by atoms with E-state index in [0.29, 0.717) is 5.70 Å². The van der Waals surface area contributed by atoms with Crippen molar-refractivity contribution in [2.45, 2.75) is 12.8 Å². The van der Waals surface area contributed by atoms with E-state index in [0.717, 1.165) is 26.2 Å². The van der Waals surface area contributed by atoms with E-state index in [4.69, 9.17) is 21.3 Å². The summed E-state index contributed by atoms with van der Waals surface area (Å²) in [5.41, 5.74) is 11.2. The van der Waals surface area contributed by atoms with Gasteiger partial charge < -0.3 is 26.1 Å². The molecule has 0 heterocycles. The Morgan fingerprint density at radius 1 is 1.33 bits per heavy atom. The fourth-order valence-electron chi connectivity index (χ4n) is 1.02. The third kappa shape index (κ3) is 3.63. The van der Waals surface area contributed by atoms with Crippen LogP contribution in [0.15, 0.2) is 23.7 Å². The average Bonchev–Trinajstić information content (AvgIpc) is 3.09. The van der Waals surface area contributed by atoms with Gasteiger partial charge in [-0.3, -0.25) is 0 Å². The average molecular weight is 214 g/mol. The lowest BCUT2D eigenvalue weighted by Gasteiger charge is -2.05. The van der Waals surface area contributed by atoms with Crippen LogP contribution in [-0.2, 0) is 9.53 Å². The number of ether oxygens (including phenoxy) is 1. The molecule has 0 amide bonds. The number of aliphatic hydroxyl groups excluding tert-OH is 1. The van der Waals surface area contributed by atoms with Crippen LogP contribution in [0, 0.1) is 5.41 Å². The molecule has 0 spiro atoms. The largest absolute Gasteiger partial charge is 0.483 e. The standard InChI is InChI=1S/C9H14N2O2.CH4O/c1-13-8(11)3-2-7(10)9(6-12)4-5-9;1-2/h2-3,6H,4-5,10-11H2,1H3;2H,1H3/b7-2-,8-3+;. The monoisotopic (exact) mass is 214 g/mol. The Morgan fingerprint density at radius 3 is 2.20 bits per heavy atom. The number of carbonyl (C=O) groups excluding carboxylic acids is 1. The van der Waals surface area contributed by atoms with Gasteiger partial charge in [0.05, 0.1) is 12.5 Å². The highest BCUT2D eigenvalue weighted by Gasteiger charge is 2.44. The van der Waals surface area contributed by atoms with Crippen molar-refractivity contribution >= 4 is 6.29 Å². The van der Waals surface area contributed by atoms with Crippen LogP contribution in [0.5, 0.6) is 0 Å². The number of carbonyl (C=O) groups is 1. The van der Waals surface area contributed by atoms with Crippen molar-refractivity contribution in [2.75, 3.05) is 14.2 Å². The van der Waals surface area contributed by atoms with Crippen LogP contribution in [0.4, 0.5) is 0 Å². The number of aldehydes is 1. The number of allylic oxidation sites excluding steroid dienone is 3. The minimum atomic E-state index is -0.412. The normalized spacial score (nSPS) is 18.6. The van der Waals surface area contributed by atoms with Crippen LogP contribution < -0.4 is 11.5 Å². The molecule has 0 saturated heterocycles. The van der Waals surface area contributed by atoms with Crippen LogP contribution in [0.2, 0.25) is 0 Å². The highest BCUT2D eigenvalue weighted by atomic mass is 16.5. The second kappa shape index (κ2) is 6.08. The molecule has 0 aliphatic heterocycles. The molecule has 5 nitrogen and oxygen atoms in total. The molecule has 0 bridgehead atoms. The molecule has 1 fully saturated rings. The summed E-state index contributed by atoms with van der Waals surface area (Å²) in [6, 6.07) is 0. The summed E-state index contributed by atoms with van der Waals surface area (Å²) in [6.45, 7) is 0. The lowest BCUT2D eigenvalue weighted by molar-refractivity contribution is -0.111. The van der Waals surface area contributed by atoms with E-state index in [1.807, 2.05) is 0 Å². The zero-order valence-electron chi connectivity index (χ0n) is 9.06. The summed E-state index contributed by atoms with van der Waals surface area (Å²) >= 11 is 0. The van der Waals surface area contributed by atoms with Gasteiger partial charge in [-0.15, -0.1) is 0 Å². The summed E-state index contributed by atoms with van der Waals surface area (Å²) in [4.78, 5) is 10.6. The molecule has 0 radical (unpaired) electrons. The van der Waals surface area contributed by atoms with Crippen molar-refractivity contribution in [1.82, 2.24) is 0 Å². The summed E-state index contributed by atoms with van der Waals surface area (Å²) in [5.74, 6) is 0.282. The quantitative estimate of drug-likeness (QED) is 0.344. The molecule has 0 aromatic rings. The zero-order valence-corrected chi connectivity index (χ0v) is 9.06. The first-order valence-corrected chi connectivity index (χ1v) is 4.53. The lowest BCUT2D eigenvalue weighted by Crippen LogP contribution is -2.14. The van der Waals surface area contributed by atoms with Crippen molar-refractivity contribution in [3.8, 4) is 0 Å². The Kier molecular flexibility index (Phi) is 5.48. The molecule has 1 saturated carbocycles. The van der Waals surface area contributed by atoms with E-state index in [1.165, 1.54) is 7.11 Å². The Bertz CT molecular complexity index is 268. The first-order valence-electron chi connectivity index (χ1n) is 4.53. The fraction of sp³-hybridized carbons (Fsp3) is 0.500. The molecule has 1 aliphatic carbocycles. The van der Waals surface area contributed by atoms with Crippen molar-refractivity contribution < 1.29 is 14.6 Å². The Balaban J connectivity index is 0.000000921. The predicted octanol–water partition coefficient (Wildman–Crippen LogP) is -0.137. The highest BCUT2D eigenvalue weighted by molar-refractivity contribution is 5.69. The number of methoxy groups -OCH3 is 1. The zero-order chi connectivity index (χ0) is 11.9. The molecule has 0 unspecified atom stereocenters. The molecule has 5 heteroatoms. The van der Waals surface area contributed by atoms with E-state index in [-0.39, 0.29) is 5.88 Å². The van der Waals surface area contributed by atoms with Crippen molar-refractivity contribution in [1.29, 1.82) is 0 Å². The Labute approximate surface area is 89.4 Å². The maximum absolute atomic E-state index is 10.6. The molecular formula is C10H18N2O3. The van der Waals surface area contributed by atoms with Crippen molar-refractivity contribution in [3.05, 3.63) is 23.7 Å². The SMILES string of the molecule is CO.CO/C(N)=C/C=C(\N)C1(C=O)CC1. The molecule has 0 atom stereocenters. The number of nitrogens with two attached hydrogens (primary N) is 2. The van der Waals surface area contributed by atoms with E-state index < -0.39 is 5.41 Å². The summed E-state index contributed by atoms with van der Waals surface area (Å²) in [6.07, 6.45) is 5.74. The molecule has 15 heavy (non-hydrogen) atoms. The minimum Gasteiger partial charge on any atom is -0.483 e. The predicted molar refractivity (Wildman–Crippen MR) is 57.4 cm³/mol. The van der Waals surface area contributed by atoms with Gasteiger partial charge in [0.15, 0.2) is 5.88 Å². The maximum Gasteiger partial charge on any atom is 0.183 e. The molecular weight excluding hydrogens is 196 g/mol. The number of hydrogen-bond donors (Lipinski definition) is 3. The Hall–Kier alpha value is -1.49. The van der Waals surface area contributed by atoms with Crippen LogP contribution in [-0.4, -0.2) is 25.6 Å². The molecule has 0 aromatic heterocycles. The third-order valence-corrected chi connectivity index (χ3v) is 2.25. The maximum atomic E-state index is 10.6. The highest BCUT2D eigenvalue weighted by Crippen LogP contribution is 2.47. The van der Waals surface area contributed by atoms with Crippen molar-refractivity contribution in [2.24, 2.45) is 16.9 Å². The van der Waals surface area contributed by atoms with Crippen LogP contribution in [0.25, 0.3) is 0 Å². The summed E-state index contributed by atoms with van der Waals surface area (Å²) < 4.78 is 4.72. The van der Waals surface area contributed by atoms with Gasteiger partial charge in [-0.1, -0.05) is 0 Å². The smallest absolute Gasteiger partial charge is 0.183 e. The van der Waals surface area contributed by atoms with Gasteiger partial charge in [0, 0.05) is 12.8 Å². The lowest BCUT2D eigenvalue weighted by atomic mass is 10.1. The number of rotatable bonds is 4. The minimum absolute atomic E-state index is 0.282. The van der Waals surface area contributed by atoms with Gasteiger partial charge in [0.1, 0.15) is 6.29 Å². The second-order valence-corrected chi connectivity index (χ2v) is 3.17. The van der Waals surface area contributed by atoms with Gasteiger partial charge in [-0.05, 0) is 25.0 Å². The van der Waals surface area contributed by atoms with Gasteiger partial charge in [-0.25, -0.2) is 0 Å². The van der Waals surface area contributed by atoms with Gasteiger partial charge in [-0.2, -0.15) is 0 Å². The Morgan fingerprint density at radius 2 is 1.87 bits per heavy atom. The molecule has 0 aromatic carbocycles. The first kappa shape index (κ1) is 13.5. The van der Waals surface area contributed by atoms with E-state index in [9.17, 15) is 4.79 Å². The van der Waals surface area contributed by atoms with Crippen LogP contribution in [0.3, 0.4) is 0 Å². The number of aliphatic hydroxyl groups is 1. The number of hydrogen-bond acceptors (Lipinski definition) is 5. The van der Waals surface area contributed by atoms with Gasteiger partial charge >= 0.3 is 0 Å².